The van der Waals surface area contributed by atoms with Crippen molar-refractivity contribution in [2.75, 3.05) is 6.54 Å². The minimum Gasteiger partial charge on any atom is -0.277 e. The first kappa shape index (κ1) is 11.1. The summed E-state index contributed by atoms with van der Waals surface area (Å²) in [6.07, 6.45) is 5.55. The Hall–Kier alpha value is -1.39. The maximum Gasteiger partial charge on any atom is 0.330 e. The Bertz CT molecular complexity index is 301. The van der Waals surface area contributed by atoms with Crippen LogP contribution in [0.25, 0.3) is 0 Å². The van der Waals surface area contributed by atoms with Gasteiger partial charge in [-0.25, -0.2) is 4.79 Å². The maximum atomic E-state index is 11.5. The van der Waals surface area contributed by atoms with Crippen LogP contribution in [0.5, 0.6) is 0 Å². The zero-order chi connectivity index (χ0) is 11.5. The smallest absolute Gasteiger partial charge is 0.277 e. The Morgan fingerprint density at radius 2 is 1.81 bits per heavy atom. The van der Waals surface area contributed by atoms with E-state index in [1.54, 1.807) is 0 Å². The Balaban J connectivity index is 1.94. The van der Waals surface area contributed by atoms with Gasteiger partial charge in [0.05, 0.1) is 0 Å². The molecule has 1 N–H and O–H groups in total. The Labute approximate surface area is 94.2 Å². The molecule has 0 atom stereocenters. The average molecular weight is 224 g/mol. The molecule has 0 aromatic carbocycles. The molecule has 88 valence electrons. The summed E-state index contributed by atoms with van der Waals surface area (Å²) in [5.74, 6) is -0.439. The molecule has 1 heterocycles. The van der Waals surface area contributed by atoms with Crippen molar-refractivity contribution in [2.24, 2.45) is 5.92 Å². The summed E-state index contributed by atoms with van der Waals surface area (Å²) >= 11 is 0. The van der Waals surface area contributed by atoms with Crippen molar-refractivity contribution < 1.29 is 14.4 Å². The van der Waals surface area contributed by atoms with Crippen LogP contribution in [-0.2, 0) is 9.59 Å². The number of imide groups is 2. The Kier molecular flexibility index (Phi) is 3.22. The van der Waals surface area contributed by atoms with Gasteiger partial charge in [0.1, 0.15) is 6.42 Å². The summed E-state index contributed by atoms with van der Waals surface area (Å²) in [4.78, 5) is 35.1. The summed E-state index contributed by atoms with van der Waals surface area (Å²) in [6.45, 7) is 0.470. The zero-order valence-corrected chi connectivity index (χ0v) is 9.20. The van der Waals surface area contributed by atoms with Gasteiger partial charge in [-0.3, -0.25) is 19.8 Å². The lowest BCUT2D eigenvalue weighted by Crippen LogP contribution is -2.54. The van der Waals surface area contributed by atoms with Crippen LogP contribution >= 0.6 is 0 Å². The van der Waals surface area contributed by atoms with E-state index in [2.05, 4.69) is 5.32 Å². The minimum atomic E-state index is -0.549. The molecule has 1 aliphatic heterocycles. The molecule has 5 heteroatoms. The molecule has 4 amide bonds. The highest BCUT2D eigenvalue weighted by Gasteiger charge is 2.32. The van der Waals surface area contributed by atoms with E-state index in [9.17, 15) is 14.4 Å². The first-order valence-corrected chi connectivity index (χ1v) is 5.81. The van der Waals surface area contributed by atoms with E-state index in [0.29, 0.717) is 12.5 Å². The lowest BCUT2D eigenvalue weighted by molar-refractivity contribution is -0.136. The van der Waals surface area contributed by atoms with Gasteiger partial charge in [-0.05, 0) is 18.8 Å². The summed E-state index contributed by atoms with van der Waals surface area (Å²) in [6, 6.07) is -0.549. The topological polar surface area (TPSA) is 66.5 Å². The number of barbiturate groups is 1. The van der Waals surface area contributed by atoms with Gasteiger partial charge >= 0.3 is 6.03 Å². The van der Waals surface area contributed by atoms with E-state index in [1.807, 2.05) is 0 Å². The number of nitrogens with zero attached hydrogens (tertiary/aromatic N) is 1. The molecule has 0 spiro atoms. The van der Waals surface area contributed by atoms with Crippen molar-refractivity contribution in [3.05, 3.63) is 0 Å². The summed E-state index contributed by atoms with van der Waals surface area (Å²) in [5, 5.41) is 2.18. The maximum absolute atomic E-state index is 11.5. The third-order valence-electron chi connectivity index (χ3n) is 3.27. The lowest BCUT2D eigenvalue weighted by Gasteiger charge is -2.30. The van der Waals surface area contributed by atoms with E-state index >= 15 is 0 Å². The molecule has 2 rings (SSSR count). The number of urea groups is 1. The largest absolute Gasteiger partial charge is 0.330 e. The lowest BCUT2D eigenvalue weighted by atomic mass is 9.89. The van der Waals surface area contributed by atoms with Crippen LogP contribution in [-0.4, -0.2) is 29.3 Å². The van der Waals surface area contributed by atoms with Gasteiger partial charge in [-0.15, -0.1) is 0 Å². The Morgan fingerprint density at radius 3 is 2.44 bits per heavy atom. The molecule has 0 aromatic heterocycles. The van der Waals surface area contributed by atoms with Crippen molar-refractivity contribution in [3.8, 4) is 0 Å². The molecule has 0 bridgehead atoms. The summed E-state index contributed by atoms with van der Waals surface area (Å²) in [7, 11) is 0. The van der Waals surface area contributed by atoms with E-state index in [0.717, 1.165) is 12.8 Å². The van der Waals surface area contributed by atoms with Crippen LogP contribution in [0.3, 0.4) is 0 Å². The highest BCUT2D eigenvalue weighted by molar-refractivity contribution is 6.14. The third kappa shape index (κ3) is 2.40. The van der Waals surface area contributed by atoms with Gasteiger partial charge in [0.15, 0.2) is 0 Å². The van der Waals surface area contributed by atoms with Crippen LogP contribution in [0.2, 0.25) is 0 Å². The number of hydrogen-bond donors (Lipinski definition) is 1. The number of hydrogen-bond acceptors (Lipinski definition) is 3. The fourth-order valence-corrected chi connectivity index (χ4v) is 2.39. The average Bonchev–Trinajstić information content (AvgIpc) is 2.25. The molecular formula is C11H16N2O3. The summed E-state index contributed by atoms with van der Waals surface area (Å²) in [5.41, 5.74) is 0. The van der Waals surface area contributed by atoms with Crippen LogP contribution in [0.1, 0.15) is 38.5 Å². The molecule has 1 saturated heterocycles. The molecule has 16 heavy (non-hydrogen) atoms. The van der Waals surface area contributed by atoms with Crippen LogP contribution in [0, 0.1) is 5.92 Å². The van der Waals surface area contributed by atoms with Gasteiger partial charge in [-0.1, -0.05) is 19.3 Å². The molecule has 5 nitrogen and oxygen atoms in total. The molecule has 0 unspecified atom stereocenters. The fourth-order valence-electron chi connectivity index (χ4n) is 2.39. The molecule has 2 fully saturated rings. The van der Waals surface area contributed by atoms with E-state index in [4.69, 9.17) is 0 Å². The number of carbonyl (C=O) groups excluding carboxylic acids is 3. The molecule has 2 aliphatic rings. The zero-order valence-electron chi connectivity index (χ0n) is 9.20. The quantitative estimate of drug-likeness (QED) is 0.712. The van der Waals surface area contributed by atoms with Gasteiger partial charge < -0.3 is 0 Å². The second-order valence-electron chi connectivity index (χ2n) is 4.54. The van der Waals surface area contributed by atoms with Crippen molar-refractivity contribution in [1.82, 2.24) is 10.2 Å². The van der Waals surface area contributed by atoms with Crippen LogP contribution in [0.15, 0.2) is 0 Å². The van der Waals surface area contributed by atoms with Crippen LogP contribution < -0.4 is 5.32 Å². The normalized spacial score (nSPS) is 23.5. The molecular weight excluding hydrogens is 208 g/mol. The standard InChI is InChI=1S/C11H16N2O3/c14-9-6-10(15)13(11(16)12-9)7-8-4-2-1-3-5-8/h8H,1-7H2,(H,12,14,16). The monoisotopic (exact) mass is 224 g/mol. The van der Waals surface area contributed by atoms with Crippen molar-refractivity contribution in [3.63, 3.8) is 0 Å². The van der Waals surface area contributed by atoms with E-state index in [-0.39, 0.29) is 12.3 Å². The van der Waals surface area contributed by atoms with Gasteiger partial charge in [0.2, 0.25) is 11.8 Å². The Morgan fingerprint density at radius 1 is 1.12 bits per heavy atom. The fraction of sp³-hybridized carbons (Fsp3) is 0.727. The number of nitrogens with one attached hydrogen (secondary N) is 1. The van der Waals surface area contributed by atoms with E-state index < -0.39 is 11.9 Å². The number of rotatable bonds is 2. The SMILES string of the molecule is O=C1CC(=O)N(CC2CCCCC2)C(=O)N1. The minimum absolute atomic E-state index is 0.196. The van der Waals surface area contributed by atoms with E-state index in [1.165, 1.54) is 24.2 Å². The van der Waals surface area contributed by atoms with Crippen molar-refractivity contribution in [1.29, 1.82) is 0 Å². The number of amides is 4. The predicted molar refractivity (Wildman–Crippen MR) is 56.4 cm³/mol. The number of carbonyl (C=O) groups is 3. The molecule has 1 saturated carbocycles. The van der Waals surface area contributed by atoms with Gasteiger partial charge in [0, 0.05) is 6.54 Å². The first-order chi connectivity index (χ1) is 7.66. The first-order valence-electron chi connectivity index (χ1n) is 5.81. The second kappa shape index (κ2) is 4.63. The molecule has 1 aliphatic carbocycles. The van der Waals surface area contributed by atoms with Crippen molar-refractivity contribution in [2.45, 2.75) is 38.5 Å². The molecule has 0 radical (unpaired) electrons. The predicted octanol–water partition coefficient (Wildman–Crippen LogP) is 1.04. The van der Waals surface area contributed by atoms with Crippen LogP contribution in [0.4, 0.5) is 4.79 Å². The summed E-state index contributed by atoms with van der Waals surface area (Å²) < 4.78 is 0. The van der Waals surface area contributed by atoms with Gasteiger partial charge in [-0.2, -0.15) is 0 Å². The highest BCUT2D eigenvalue weighted by atomic mass is 16.2. The third-order valence-corrected chi connectivity index (χ3v) is 3.27. The second-order valence-corrected chi connectivity index (χ2v) is 4.54. The van der Waals surface area contributed by atoms with Crippen molar-refractivity contribution >= 4 is 17.8 Å². The van der Waals surface area contributed by atoms with Gasteiger partial charge in [0.25, 0.3) is 0 Å². The molecule has 0 aromatic rings. The highest BCUT2D eigenvalue weighted by Crippen LogP contribution is 2.25.